The van der Waals surface area contributed by atoms with Crippen molar-refractivity contribution >= 4 is 11.9 Å². The Morgan fingerprint density at radius 3 is 2.59 bits per heavy atom. The smallest absolute Gasteiger partial charge is 0.330 e. The number of hydrogen-bond donors (Lipinski definition) is 4. The quantitative estimate of drug-likeness (QED) is 0.244. The van der Waals surface area contributed by atoms with Crippen molar-refractivity contribution in [2.45, 2.75) is 77.7 Å². The number of nitrogens with one attached hydrogen (secondary N) is 1. The van der Waals surface area contributed by atoms with Gasteiger partial charge in [-0.3, -0.25) is 4.79 Å². The number of carbonyl (C=O) groups excluding carboxylic acids is 2. The average molecular weight is 450 g/mol. The second-order valence-electron chi connectivity index (χ2n) is 9.78. The van der Waals surface area contributed by atoms with E-state index in [1.54, 1.807) is 0 Å². The van der Waals surface area contributed by atoms with Gasteiger partial charge < -0.3 is 25.4 Å². The van der Waals surface area contributed by atoms with Crippen LogP contribution in [0.3, 0.4) is 0 Å². The number of carbonyl (C=O) groups is 2. The number of aliphatic hydroxyl groups is 3. The van der Waals surface area contributed by atoms with Crippen LogP contribution in [0.15, 0.2) is 35.5 Å². The molecule has 1 fully saturated rings. The molecule has 1 amide bonds. The first-order valence-corrected chi connectivity index (χ1v) is 11.4. The summed E-state index contributed by atoms with van der Waals surface area (Å²) in [6.45, 7) is 10.2. The topological polar surface area (TPSA) is 116 Å². The lowest BCUT2D eigenvalue weighted by molar-refractivity contribution is -0.143. The molecule has 0 aromatic rings. The van der Waals surface area contributed by atoms with Crippen LogP contribution in [0, 0.1) is 23.7 Å². The van der Waals surface area contributed by atoms with Crippen LogP contribution in [0.4, 0.5) is 0 Å². The molecule has 1 saturated heterocycles. The normalized spacial score (nSPS) is 32.5. The van der Waals surface area contributed by atoms with Crippen LogP contribution >= 0.6 is 0 Å². The highest BCUT2D eigenvalue weighted by Gasteiger charge is 2.60. The number of aliphatic hydroxyl groups excluding tert-OH is 2. The van der Waals surface area contributed by atoms with E-state index in [2.05, 4.69) is 30.8 Å². The molecule has 2 rings (SSSR count). The van der Waals surface area contributed by atoms with Crippen LogP contribution in [-0.4, -0.2) is 58.2 Å². The van der Waals surface area contributed by atoms with Crippen molar-refractivity contribution in [3.05, 3.63) is 35.5 Å². The molecule has 1 heterocycles. The van der Waals surface area contributed by atoms with Gasteiger partial charge in [0.05, 0.1) is 19.3 Å². The minimum Gasteiger partial charge on any atom is -0.466 e. The lowest BCUT2D eigenvalue weighted by Crippen LogP contribution is -2.53. The molecule has 2 aliphatic rings. The summed E-state index contributed by atoms with van der Waals surface area (Å²) < 4.78 is 4.47. The van der Waals surface area contributed by atoms with Crippen molar-refractivity contribution in [3.8, 4) is 0 Å². The summed E-state index contributed by atoms with van der Waals surface area (Å²) in [5.74, 6) is -1.09. The van der Waals surface area contributed by atoms with Crippen LogP contribution < -0.4 is 5.32 Å². The molecule has 0 aromatic heterocycles. The second-order valence-corrected chi connectivity index (χ2v) is 9.78. The number of allylic oxidation sites excluding steroid dienone is 2. The van der Waals surface area contributed by atoms with Crippen molar-refractivity contribution in [2.75, 3.05) is 7.11 Å². The number of hydrogen-bond acceptors (Lipinski definition) is 6. The Hall–Kier alpha value is -1.96. The predicted molar refractivity (Wildman–Crippen MR) is 122 cm³/mol. The molecule has 0 aromatic carbocycles. The number of methoxy groups -OCH3 is 1. The maximum Gasteiger partial charge on any atom is 0.330 e. The maximum atomic E-state index is 12.9. The molecule has 0 radical (unpaired) electrons. The summed E-state index contributed by atoms with van der Waals surface area (Å²) in [5.41, 5.74) is 0.563. The van der Waals surface area contributed by atoms with E-state index in [0.717, 1.165) is 23.6 Å². The molecule has 1 aliphatic carbocycles. The van der Waals surface area contributed by atoms with E-state index < -0.39 is 29.7 Å². The summed E-state index contributed by atoms with van der Waals surface area (Å²) in [6, 6.07) is -0.0686. The summed E-state index contributed by atoms with van der Waals surface area (Å²) in [4.78, 5) is 24.1. The molecule has 32 heavy (non-hydrogen) atoms. The minimum absolute atomic E-state index is 0.0686. The molecule has 7 heteroatoms. The first-order chi connectivity index (χ1) is 14.9. The third-order valence-electron chi connectivity index (χ3n) is 6.88. The van der Waals surface area contributed by atoms with Crippen LogP contribution in [0.5, 0.6) is 0 Å². The monoisotopic (exact) mass is 449 g/mol. The lowest BCUT2D eigenvalue weighted by atomic mass is 9.63. The van der Waals surface area contributed by atoms with Gasteiger partial charge in [-0.1, -0.05) is 44.1 Å². The van der Waals surface area contributed by atoms with Gasteiger partial charge in [0.15, 0.2) is 5.60 Å². The molecule has 0 unspecified atom stereocenters. The Morgan fingerprint density at radius 1 is 1.34 bits per heavy atom. The number of esters is 1. The number of amides is 1. The van der Waals surface area contributed by atoms with Crippen molar-refractivity contribution in [2.24, 2.45) is 23.7 Å². The molecule has 7 nitrogen and oxygen atoms in total. The SMILES string of the molecule is COC(=O)/C=C/[C@@H](O)[C@@H](O)CC/C(C)=C/[C@@H]1C=C(C)[C@@H](C)[C@H]2[C@H](CC(C)C)NC(=O)[C@@]21O. The Morgan fingerprint density at radius 2 is 2.00 bits per heavy atom. The van der Waals surface area contributed by atoms with Gasteiger partial charge in [0, 0.05) is 24.0 Å². The van der Waals surface area contributed by atoms with Gasteiger partial charge >= 0.3 is 5.97 Å². The van der Waals surface area contributed by atoms with Crippen molar-refractivity contribution in [1.82, 2.24) is 5.32 Å². The molecule has 0 spiro atoms. The Bertz CT molecular complexity index is 785. The zero-order valence-corrected chi connectivity index (χ0v) is 20.0. The standard InChI is InChI=1S/C25H39NO6/c1-14(2)11-19-23-17(5)16(4)13-18(25(23,31)24(30)26-19)12-15(3)7-8-20(27)21(28)9-10-22(29)32-6/h9-10,12-14,17-21,23,27-28,31H,7-8,11H2,1-6H3,(H,26,30)/b10-9+,15-12+/t17-,18-,19+,20+,21-,23+,25+/m1/s1. The first-order valence-electron chi connectivity index (χ1n) is 11.4. The van der Waals surface area contributed by atoms with Gasteiger partial charge in [-0.15, -0.1) is 0 Å². The van der Waals surface area contributed by atoms with E-state index in [4.69, 9.17) is 0 Å². The van der Waals surface area contributed by atoms with Gasteiger partial charge in [0.1, 0.15) is 0 Å². The summed E-state index contributed by atoms with van der Waals surface area (Å²) >= 11 is 0. The van der Waals surface area contributed by atoms with Gasteiger partial charge in [-0.05, 0) is 51.0 Å². The lowest BCUT2D eigenvalue weighted by Gasteiger charge is -2.42. The van der Waals surface area contributed by atoms with Crippen LogP contribution in [-0.2, 0) is 14.3 Å². The number of rotatable bonds is 9. The van der Waals surface area contributed by atoms with Crippen molar-refractivity contribution in [1.29, 1.82) is 0 Å². The molecule has 0 bridgehead atoms. The van der Waals surface area contributed by atoms with Gasteiger partial charge in [-0.2, -0.15) is 0 Å². The van der Waals surface area contributed by atoms with E-state index >= 15 is 0 Å². The molecular weight excluding hydrogens is 410 g/mol. The fourth-order valence-corrected chi connectivity index (χ4v) is 4.98. The number of fused-ring (bicyclic) bond motifs is 1. The molecular formula is C25H39NO6. The first kappa shape index (κ1) is 26.3. The van der Waals surface area contributed by atoms with E-state index in [1.165, 1.54) is 13.2 Å². The minimum atomic E-state index is -1.50. The fraction of sp³-hybridized carbons (Fsp3) is 0.680. The summed E-state index contributed by atoms with van der Waals surface area (Å²) in [7, 11) is 1.24. The number of ether oxygens (including phenoxy) is 1. The highest BCUT2D eigenvalue weighted by atomic mass is 16.5. The van der Waals surface area contributed by atoms with Gasteiger partial charge in [-0.25, -0.2) is 4.79 Å². The van der Waals surface area contributed by atoms with E-state index in [-0.39, 0.29) is 30.2 Å². The molecule has 1 aliphatic heterocycles. The zero-order valence-electron chi connectivity index (χ0n) is 20.0. The van der Waals surface area contributed by atoms with E-state index in [0.29, 0.717) is 12.3 Å². The van der Waals surface area contributed by atoms with Crippen LogP contribution in [0.25, 0.3) is 0 Å². The summed E-state index contributed by atoms with van der Waals surface area (Å²) in [5, 5.41) is 34.9. The van der Waals surface area contributed by atoms with Crippen molar-refractivity contribution < 1.29 is 29.6 Å². The Balaban J connectivity index is 2.15. The zero-order chi connectivity index (χ0) is 24.2. The largest absolute Gasteiger partial charge is 0.466 e. The maximum absolute atomic E-state index is 12.9. The van der Waals surface area contributed by atoms with Gasteiger partial charge in [0.2, 0.25) is 0 Å². The third-order valence-corrected chi connectivity index (χ3v) is 6.88. The Labute approximate surface area is 191 Å². The highest BCUT2D eigenvalue weighted by Crippen LogP contribution is 2.48. The fourth-order valence-electron chi connectivity index (χ4n) is 4.98. The van der Waals surface area contributed by atoms with Crippen molar-refractivity contribution in [3.63, 3.8) is 0 Å². The average Bonchev–Trinajstić information content (AvgIpc) is 2.98. The highest BCUT2D eigenvalue weighted by molar-refractivity contribution is 5.90. The van der Waals surface area contributed by atoms with Crippen LogP contribution in [0.2, 0.25) is 0 Å². The molecule has 4 N–H and O–H groups in total. The third kappa shape index (κ3) is 5.69. The second kappa shape index (κ2) is 10.8. The molecule has 0 saturated carbocycles. The van der Waals surface area contributed by atoms with E-state index in [1.807, 2.05) is 26.0 Å². The molecule has 7 atom stereocenters. The Kier molecular flexibility index (Phi) is 8.85. The van der Waals surface area contributed by atoms with Gasteiger partial charge in [0.25, 0.3) is 5.91 Å². The van der Waals surface area contributed by atoms with E-state index in [9.17, 15) is 24.9 Å². The predicted octanol–water partition coefficient (Wildman–Crippen LogP) is 2.27. The summed E-state index contributed by atoms with van der Waals surface area (Å²) in [6.07, 6.45) is 5.48. The van der Waals surface area contributed by atoms with Crippen LogP contribution in [0.1, 0.15) is 53.9 Å². The molecule has 180 valence electrons.